The number of hydrogen-bond donors (Lipinski definition) is 1. The van der Waals surface area contributed by atoms with Crippen LogP contribution in [-0.4, -0.2) is 39.4 Å². The van der Waals surface area contributed by atoms with E-state index in [1.165, 1.54) is 37.8 Å². The van der Waals surface area contributed by atoms with Crippen molar-refractivity contribution in [3.05, 3.63) is 41.1 Å². The number of nitrogens with zero attached hydrogens (tertiary/aromatic N) is 4. The molecule has 1 aliphatic heterocycles. The second-order valence-electron chi connectivity index (χ2n) is 11.2. The molecule has 1 saturated heterocycles. The molecule has 0 aromatic carbocycles. The van der Waals surface area contributed by atoms with Gasteiger partial charge in [0.1, 0.15) is 5.52 Å². The molecule has 7 rings (SSSR count). The lowest BCUT2D eigenvalue weighted by Crippen LogP contribution is -2.63. The molecule has 4 saturated carbocycles. The first kappa shape index (κ1) is 20.3. The lowest BCUT2D eigenvalue weighted by molar-refractivity contribution is -0.127. The van der Waals surface area contributed by atoms with Crippen LogP contribution in [0, 0.1) is 12.3 Å². The fourth-order valence-electron chi connectivity index (χ4n) is 6.51. The van der Waals surface area contributed by atoms with Crippen LogP contribution in [0.2, 0.25) is 0 Å². The molecule has 5 fully saturated rings. The van der Waals surface area contributed by atoms with Crippen LogP contribution in [0.1, 0.15) is 81.8 Å². The molecule has 168 valence electrons. The van der Waals surface area contributed by atoms with Crippen LogP contribution >= 0.6 is 0 Å². The van der Waals surface area contributed by atoms with Gasteiger partial charge in [-0.25, -0.2) is 4.98 Å². The number of aryl methyl sites for hydroxylation is 1. The molecule has 2 N–H and O–H groups in total. The highest BCUT2D eigenvalue weighted by atomic mass is 16.5. The quantitative estimate of drug-likeness (QED) is 0.704. The largest absolute Gasteiger partial charge is 0.404 e. The minimum Gasteiger partial charge on any atom is -0.404 e. The summed E-state index contributed by atoms with van der Waals surface area (Å²) >= 11 is 0. The molecule has 0 amide bonds. The Morgan fingerprint density at radius 1 is 1.22 bits per heavy atom. The molecule has 3 unspecified atom stereocenters. The van der Waals surface area contributed by atoms with E-state index in [4.69, 9.17) is 25.4 Å². The number of rotatable bonds is 5. The highest BCUT2D eigenvalue weighted by molar-refractivity contribution is 5.80. The number of nitrogens with two attached hydrogens (primary N) is 1. The molecular formula is C26H33N5O. The highest BCUT2D eigenvalue weighted by Crippen LogP contribution is 2.73. The summed E-state index contributed by atoms with van der Waals surface area (Å²) in [7, 11) is 0. The third-order valence-electron chi connectivity index (χ3n) is 7.94. The summed E-state index contributed by atoms with van der Waals surface area (Å²) in [6.45, 7) is 6.56. The maximum atomic E-state index is 6.31. The zero-order valence-corrected chi connectivity index (χ0v) is 19.3. The van der Waals surface area contributed by atoms with Crippen molar-refractivity contribution < 1.29 is 4.74 Å². The fourth-order valence-corrected chi connectivity index (χ4v) is 6.51. The van der Waals surface area contributed by atoms with Crippen LogP contribution in [0.25, 0.3) is 11.0 Å². The SMILES string of the molecule is Cc1cnc2c(C34CC(C)(C3)C4)nc(C3CC(C)OC(/C(C=NC4CC4)=C/N)C3)cc2n1. The summed E-state index contributed by atoms with van der Waals surface area (Å²) in [6.07, 6.45) is 13.5. The average Bonchev–Trinajstić information content (AvgIpc) is 3.54. The zero-order valence-electron chi connectivity index (χ0n) is 19.3. The summed E-state index contributed by atoms with van der Waals surface area (Å²) in [5.41, 5.74) is 13.0. The van der Waals surface area contributed by atoms with Gasteiger partial charge in [-0.3, -0.25) is 15.0 Å². The van der Waals surface area contributed by atoms with E-state index >= 15 is 0 Å². The van der Waals surface area contributed by atoms with Crippen LogP contribution in [0.3, 0.4) is 0 Å². The highest BCUT2D eigenvalue weighted by Gasteiger charge is 2.67. The zero-order chi connectivity index (χ0) is 22.1. The monoisotopic (exact) mass is 431 g/mol. The van der Waals surface area contributed by atoms with Gasteiger partial charge in [-0.2, -0.15) is 0 Å². The second-order valence-corrected chi connectivity index (χ2v) is 11.2. The Morgan fingerprint density at radius 3 is 2.69 bits per heavy atom. The summed E-state index contributed by atoms with van der Waals surface area (Å²) in [6, 6.07) is 2.65. The predicted molar refractivity (Wildman–Crippen MR) is 126 cm³/mol. The van der Waals surface area contributed by atoms with Gasteiger partial charge in [0.25, 0.3) is 0 Å². The molecule has 3 atom stereocenters. The number of ether oxygens (including phenoxy) is 1. The van der Waals surface area contributed by atoms with Crippen LogP contribution in [0.15, 0.2) is 29.0 Å². The Hall–Kier alpha value is -2.34. The number of aromatic nitrogens is 3. The average molecular weight is 432 g/mol. The van der Waals surface area contributed by atoms with Gasteiger partial charge >= 0.3 is 0 Å². The molecule has 6 heteroatoms. The molecule has 0 spiro atoms. The fraction of sp³-hybridized carbons (Fsp3) is 0.615. The van der Waals surface area contributed by atoms with E-state index in [2.05, 4.69) is 24.9 Å². The van der Waals surface area contributed by atoms with Gasteiger partial charge in [-0.1, -0.05) is 6.92 Å². The van der Waals surface area contributed by atoms with Crippen LogP contribution in [-0.2, 0) is 10.2 Å². The summed E-state index contributed by atoms with van der Waals surface area (Å²) in [5, 5.41) is 0. The first-order valence-electron chi connectivity index (χ1n) is 12.1. The van der Waals surface area contributed by atoms with E-state index < -0.39 is 0 Å². The Balaban J connectivity index is 1.35. The first-order chi connectivity index (χ1) is 15.4. The number of pyridine rings is 1. The third-order valence-corrected chi connectivity index (χ3v) is 7.94. The molecule has 2 bridgehead atoms. The number of hydrogen-bond acceptors (Lipinski definition) is 6. The Kier molecular flexibility index (Phi) is 4.49. The lowest BCUT2D eigenvalue weighted by atomic mass is 9.35. The number of fused-ring (bicyclic) bond motifs is 1. The maximum absolute atomic E-state index is 6.31. The minimum atomic E-state index is -0.0466. The molecule has 2 aromatic heterocycles. The summed E-state index contributed by atoms with van der Waals surface area (Å²) in [4.78, 5) is 19.6. The van der Waals surface area contributed by atoms with E-state index in [9.17, 15) is 0 Å². The maximum Gasteiger partial charge on any atom is 0.111 e. The van der Waals surface area contributed by atoms with Gasteiger partial charge in [-0.05, 0) is 70.3 Å². The van der Waals surface area contributed by atoms with Gasteiger partial charge in [0.15, 0.2) is 0 Å². The standard InChI is InChI=1S/C26H33N5O/c1-15-10-29-23-21(30-15)8-20(31-24(23)26-12-25(3,13-26)14-26)17-6-16(2)32-22(7-17)18(9-27)11-28-19-4-5-19/h8-11,16-17,19,22H,4-7,12-14,27H2,1-3H3/b18-9+,28-11?. The smallest absolute Gasteiger partial charge is 0.111 e. The van der Waals surface area contributed by atoms with Crippen LogP contribution < -0.4 is 5.73 Å². The molecule has 4 aliphatic carbocycles. The van der Waals surface area contributed by atoms with E-state index in [1.807, 2.05) is 19.3 Å². The van der Waals surface area contributed by atoms with E-state index in [0.29, 0.717) is 17.4 Å². The number of aliphatic imine (C=N–C) groups is 1. The van der Waals surface area contributed by atoms with Crippen molar-refractivity contribution >= 4 is 17.2 Å². The summed E-state index contributed by atoms with van der Waals surface area (Å²) < 4.78 is 6.31. The van der Waals surface area contributed by atoms with Crippen molar-refractivity contribution in [2.45, 2.75) is 95.3 Å². The topological polar surface area (TPSA) is 86.3 Å². The molecule has 0 radical (unpaired) electrons. The second kappa shape index (κ2) is 7.08. The first-order valence-corrected chi connectivity index (χ1v) is 12.1. The summed E-state index contributed by atoms with van der Waals surface area (Å²) in [5.74, 6) is 0.307. The van der Waals surface area contributed by atoms with Crippen molar-refractivity contribution in [2.24, 2.45) is 16.1 Å². The third kappa shape index (κ3) is 3.35. The van der Waals surface area contributed by atoms with Gasteiger partial charge < -0.3 is 10.5 Å². The van der Waals surface area contributed by atoms with E-state index in [-0.39, 0.29) is 17.6 Å². The van der Waals surface area contributed by atoms with Crippen LogP contribution in [0.5, 0.6) is 0 Å². The Morgan fingerprint density at radius 2 is 2.00 bits per heavy atom. The molecular weight excluding hydrogens is 398 g/mol. The van der Waals surface area contributed by atoms with E-state index in [1.54, 1.807) is 6.20 Å². The van der Waals surface area contributed by atoms with Crippen molar-refractivity contribution in [3.63, 3.8) is 0 Å². The van der Waals surface area contributed by atoms with E-state index in [0.717, 1.165) is 40.8 Å². The Labute approximate surface area is 189 Å². The molecule has 3 heterocycles. The van der Waals surface area contributed by atoms with Gasteiger partial charge in [0.2, 0.25) is 0 Å². The Bertz CT molecular complexity index is 1110. The van der Waals surface area contributed by atoms with Gasteiger partial charge in [0.05, 0.1) is 35.2 Å². The molecule has 6 nitrogen and oxygen atoms in total. The normalized spacial score (nSPS) is 36.8. The lowest BCUT2D eigenvalue weighted by Gasteiger charge is -2.69. The van der Waals surface area contributed by atoms with Gasteiger partial charge in [-0.15, -0.1) is 0 Å². The van der Waals surface area contributed by atoms with Crippen molar-refractivity contribution in [3.8, 4) is 0 Å². The van der Waals surface area contributed by atoms with Crippen molar-refractivity contribution in [1.29, 1.82) is 0 Å². The molecule has 5 aliphatic rings. The van der Waals surface area contributed by atoms with Crippen molar-refractivity contribution in [2.75, 3.05) is 0 Å². The van der Waals surface area contributed by atoms with Crippen molar-refractivity contribution in [1.82, 2.24) is 15.0 Å². The molecule has 32 heavy (non-hydrogen) atoms. The molecule has 2 aromatic rings. The van der Waals surface area contributed by atoms with Crippen LogP contribution in [0.4, 0.5) is 0 Å². The van der Waals surface area contributed by atoms with Gasteiger partial charge in [0, 0.05) is 41.2 Å². The minimum absolute atomic E-state index is 0.0466. The predicted octanol–water partition coefficient (Wildman–Crippen LogP) is 4.50.